The summed E-state index contributed by atoms with van der Waals surface area (Å²) in [6.45, 7) is 9.60. The molecule has 1 saturated carbocycles. The van der Waals surface area contributed by atoms with Gasteiger partial charge in [0.15, 0.2) is 0 Å². The highest BCUT2D eigenvalue weighted by Crippen LogP contribution is 2.49. The fourth-order valence-electron chi connectivity index (χ4n) is 6.72. The summed E-state index contributed by atoms with van der Waals surface area (Å²) in [5, 5.41) is 0. The van der Waals surface area contributed by atoms with Crippen molar-refractivity contribution in [1.82, 2.24) is 4.90 Å². The average molecular weight is 394 g/mol. The third kappa shape index (κ3) is 3.77. The molecule has 2 N–H and O–H groups in total. The van der Waals surface area contributed by atoms with Gasteiger partial charge in [0.2, 0.25) is 0 Å². The van der Waals surface area contributed by atoms with Crippen LogP contribution in [0.2, 0.25) is 0 Å². The minimum atomic E-state index is -0.0187. The molecule has 2 bridgehead atoms. The molecule has 3 atom stereocenters. The molecule has 158 valence electrons. The molecule has 1 aromatic rings. The summed E-state index contributed by atoms with van der Waals surface area (Å²) in [6, 6.07) is 13.1. The Labute approximate surface area is 178 Å². The van der Waals surface area contributed by atoms with E-state index in [4.69, 9.17) is 12.2 Å². The third-order valence-electron chi connectivity index (χ3n) is 8.22. The maximum absolute atomic E-state index is 6.29. The molecule has 3 fully saturated rings. The number of para-hydroxylation sites is 2. The van der Waals surface area contributed by atoms with Crippen LogP contribution in [0.4, 0.5) is 11.4 Å². The molecule has 2 aliphatic heterocycles. The van der Waals surface area contributed by atoms with Gasteiger partial charge in [-0.15, -0.1) is 0 Å². The minimum Gasteiger partial charge on any atom is -0.397 e. The summed E-state index contributed by atoms with van der Waals surface area (Å²) >= 11 is 0. The Morgan fingerprint density at radius 1 is 1.00 bits per heavy atom. The number of hydrogen-bond acceptors (Lipinski definition) is 3. The van der Waals surface area contributed by atoms with Crippen molar-refractivity contribution >= 4 is 11.4 Å². The Hall–Kier alpha value is -1.66. The first-order valence-electron chi connectivity index (χ1n) is 11.6. The molecular formula is C26H39N3. The highest BCUT2D eigenvalue weighted by atomic mass is 15.3. The van der Waals surface area contributed by atoms with Gasteiger partial charge in [-0.3, -0.25) is 9.80 Å². The van der Waals surface area contributed by atoms with Crippen LogP contribution in [0.25, 0.3) is 0 Å². The van der Waals surface area contributed by atoms with Gasteiger partial charge in [0, 0.05) is 24.2 Å². The molecule has 2 heterocycles. The Morgan fingerprint density at radius 2 is 1.55 bits per heavy atom. The predicted molar refractivity (Wildman–Crippen MR) is 124 cm³/mol. The van der Waals surface area contributed by atoms with Gasteiger partial charge < -0.3 is 5.73 Å². The number of nitrogens with two attached hydrogens (primary N) is 1. The lowest BCUT2D eigenvalue weighted by Crippen LogP contribution is -2.59. The Morgan fingerprint density at radius 3 is 2.07 bits per heavy atom. The fraction of sp³-hybridized carbons (Fsp3) is 0.692. The SMILES string of the molecule is C#CN(c1ccccc1N)C1(C)C[C@H]2CC[C@@H](C1)N2C1CCC(C(C)(C)C)CC1. The molecule has 3 heteroatoms. The predicted octanol–water partition coefficient (Wildman–Crippen LogP) is 5.66. The Balaban J connectivity index is 1.49. The van der Waals surface area contributed by atoms with Crippen LogP contribution in [0.5, 0.6) is 0 Å². The molecule has 0 aromatic heterocycles. The summed E-state index contributed by atoms with van der Waals surface area (Å²) in [5.74, 6) is 0.879. The lowest BCUT2D eigenvalue weighted by molar-refractivity contribution is 0.0188. The summed E-state index contributed by atoms with van der Waals surface area (Å²) in [5.41, 5.74) is 8.50. The molecule has 3 nitrogen and oxygen atoms in total. The molecule has 2 saturated heterocycles. The van der Waals surface area contributed by atoms with Gasteiger partial charge in [0.25, 0.3) is 0 Å². The van der Waals surface area contributed by atoms with Crippen LogP contribution in [-0.4, -0.2) is 28.6 Å². The normalized spacial score (nSPS) is 35.3. The van der Waals surface area contributed by atoms with E-state index in [1.54, 1.807) is 0 Å². The van der Waals surface area contributed by atoms with Crippen LogP contribution in [-0.2, 0) is 0 Å². The van der Waals surface area contributed by atoms with Gasteiger partial charge in [-0.1, -0.05) is 39.3 Å². The number of anilines is 2. The van der Waals surface area contributed by atoms with Crippen molar-refractivity contribution in [1.29, 1.82) is 0 Å². The average Bonchev–Trinajstić information content (AvgIpc) is 2.95. The Bertz CT molecular complexity index is 749. The van der Waals surface area contributed by atoms with Gasteiger partial charge in [0.05, 0.1) is 16.9 Å². The fourth-order valence-corrected chi connectivity index (χ4v) is 6.72. The third-order valence-corrected chi connectivity index (χ3v) is 8.22. The first-order valence-corrected chi connectivity index (χ1v) is 11.6. The second-order valence-corrected chi connectivity index (χ2v) is 11.1. The molecular weight excluding hydrogens is 354 g/mol. The van der Waals surface area contributed by atoms with Crippen LogP contribution in [0.1, 0.15) is 79.1 Å². The standard InChI is InChI=1S/C26H39N3/c1-6-28(24-10-8-7-9-23(24)27)26(5)17-21-15-16-22(18-26)29(21)20-13-11-19(12-14-20)25(2,3)4/h1,7-10,19-22H,11-18,27H2,2-5H3/t19?,20?,21-,22+,26?. The monoisotopic (exact) mass is 393 g/mol. The molecule has 29 heavy (non-hydrogen) atoms. The maximum atomic E-state index is 6.29. The number of terminal acetylenes is 1. The van der Waals surface area contributed by atoms with Crippen LogP contribution >= 0.6 is 0 Å². The van der Waals surface area contributed by atoms with Gasteiger partial charge in [-0.05, 0) is 81.8 Å². The van der Waals surface area contributed by atoms with E-state index < -0.39 is 0 Å². The van der Waals surface area contributed by atoms with E-state index in [-0.39, 0.29) is 5.54 Å². The van der Waals surface area contributed by atoms with E-state index >= 15 is 0 Å². The number of rotatable bonds is 3. The van der Waals surface area contributed by atoms with Crippen molar-refractivity contribution in [2.45, 2.75) is 103 Å². The number of nitrogen functional groups attached to an aromatic ring is 1. The van der Waals surface area contributed by atoms with Crippen LogP contribution < -0.4 is 10.6 Å². The first-order chi connectivity index (χ1) is 13.7. The van der Waals surface area contributed by atoms with Gasteiger partial charge in [-0.25, -0.2) is 0 Å². The van der Waals surface area contributed by atoms with Crippen LogP contribution in [0, 0.1) is 23.8 Å². The lowest BCUT2D eigenvalue weighted by Gasteiger charge is -2.52. The van der Waals surface area contributed by atoms with Crippen LogP contribution in [0.15, 0.2) is 24.3 Å². The topological polar surface area (TPSA) is 32.5 Å². The second-order valence-electron chi connectivity index (χ2n) is 11.1. The van der Waals surface area contributed by atoms with Crippen LogP contribution in [0.3, 0.4) is 0 Å². The smallest absolute Gasteiger partial charge is 0.0724 e. The first kappa shape index (κ1) is 20.6. The van der Waals surface area contributed by atoms with E-state index in [1.807, 2.05) is 18.2 Å². The largest absolute Gasteiger partial charge is 0.397 e. The zero-order valence-corrected chi connectivity index (χ0v) is 18.8. The molecule has 0 amide bonds. The van der Waals surface area contributed by atoms with Gasteiger partial charge in [-0.2, -0.15) is 0 Å². The van der Waals surface area contributed by atoms with Crippen molar-refractivity contribution < 1.29 is 0 Å². The zero-order valence-electron chi connectivity index (χ0n) is 18.8. The van der Waals surface area contributed by atoms with Crippen molar-refractivity contribution in [3.05, 3.63) is 24.3 Å². The highest BCUT2D eigenvalue weighted by molar-refractivity contribution is 5.71. The van der Waals surface area contributed by atoms with E-state index in [1.165, 1.54) is 38.5 Å². The van der Waals surface area contributed by atoms with Crippen molar-refractivity contribution in [2.75, 3.05) is 10.6 Å². The number of nitrogens with zero attached hydrogens (tertiary/aromatic N) is 2. The quantitative estimate of drug-likeness (QED) is 0.409. The maximum Gasteiger partial charge on any atom is 0.0724 e. The molecule has 3 aliphatic rings. The number of fused-ring (bicyclic) bond motifs is 2. The van der Waals surface area contributed by atoms with Crippen molar-refractivity contribution in [3.8, 4) is 12.5 Å². The van der Waals surface area contributed by atoms with Crippen molar-refractivity contribution in [2.24, 2.45) is 11.3 Å². The van der Waals surface area contributed by atoms with Crippen molar-refractivity contribution in [3.63, 3.8) is 0 Å². The molecule has 1 aliphatic carbocycles. The lowest BCUT2D eigenvalue weighted by atomic mass is 9.70. The molecule has 0 radical (unpaired) electrons. The van der Waals surface area contributed by atoms with E-state index in [0.29, 0.717) is 17.5 Å². The van der Waals surface area contributed by atoms with Gasteiger partial charge in [0.1, 0.15) is 0 Å². The summed E-state index contributed by atoms with van der Waals surface area (Å²) in [7, 11) is 0. The number of benzene rings is 1. The second kappa shape index (κ2) is 7.55. The number of hydrogen-bond donors (Lipinski definition) is 1. The molecule has 4 rings (SSSR count). The van der Waals surface area contributed by atoms with Gasteiger partial charge >= 0.3 is 0 Å². The summed E-state index contributed by atoms with van der Waals surface area (Å²) in [4.78, 5) is 5.06. The number of piperidine rings is 1. The summed E-state index contributed by atoms with van der Waals surface area (Å²) < 4.78 is 0. The highest BCUT2D eigenvalue weighted by Gasteiger charge is 2.51. The molecule has 1 aromatic carbocycles. The zero-order chi connectivity index (χ0) is 20.8. The van der Waals surface area contributed by atoms with E-state index in [2.05, 4.69) is 49.6 Å². The summed E-state index contributed by atoms with van der Waals surface area (Å²) in [6.07, 6.45) is 16.5. The molecule has 0 spiro atoms. The Kier molecular flexibility index (Phi) is 5.36. The van der Waals surface area contributed by atoms with E-state index in [9.17, 15) is 0 Å². The minimum absolute atomic E-state index is 0.0187. The van der Waals surface area contributed by atoms with E-state index in [0.717, 1.165) is 36.2 Å². The molecule has 1 unspecified atom stereocenters.